The van der Waals surface area contributed by atoms with E-state index in [1.807, 2.05) is 37.3 Å². The van der Waals surface area contributed by atoms with Crippen LogP contribution in [0.5, 0.6) is 0 Å². The van der Waals surface area contributed by atoms with Crippen LogP contribution in [0.4, 0.5) is 0 Å². The number of hydrogen-bond donors (Lipinski definition) is 0. The Kier molecular flexibility index (Phi) is 4.11. The summed E-state index contributed by atoms with van der Waals surface area (Å²) in [6, 6.07) is 9.81. The molecule has 0 saturated carbocycles. The van der Waals surface area contributed by atoms with Crippen LogP contribution in [0.1, 0.15) is 39.2 Å². The molecule has 0 amide bonds. The Labute approximate surface area is 97.6 Å². The van der Waals surface area contributed by atoms with E-state index in [4.69, 9.17) is 4.74 Å². The Morgan fingerprint density at radius 2 is 1.81 bits per heavy atom. The zero-order valence-electron chi connectivity index (χ0n) is 10.5. The summed E-state index contributed by atoms with van der Waals surface area (Å²) in [6.07, 6.45) is 0. The van der Waals surface area contributed by atoms with Crippen molar-refractivity contribution >= 4 is 5.97 Å². The van der Waals surface area contributed by atoms with Gasteiger partial charge in [0.05, 0.1) is 12.5 Å². The van der Waals surface area contributed by atoms with Gasteiger partial charge < -0.3 is 4.74 Å². The van der Waals surface area contributed by atoms with E-state index >= 15 is 0 Å². The fourth-order valence-corrected chi connectivity index (χ4v) is 1.86. The summed E-state index contributed by atoms with van der Waals surface area (Å²) >= 11 is 0. The Morgan fingerprint density at radius 3 is 2.25 bits per heavy atom. The molecule has 0 fully saturated rings. The minimum Gasteiger partial charge on any atom is -0.466 e. The SMILES string of the molecule is CCOC(=O)C(c1ccccc1)C(C)(C)C. The maximum Gasteiger partial charge on any atom is 0.313 e. The lowest BCUT2D eigenvalue weighted by molar-refractivity contribution is -0.147. The molecule has 1 unspecified atom stereocenters. The van der Waals surface area contributed by atoms with E-state index in [1.54, 1.807) is 0 Å². The van der Waals surface area contributed by atoms with Crippen molar-refractivity contribution in [1.29, 1.82) is 0 Å². The molecule has 0 spiro atoms. The molecule has 0 radical (unpaired) electrons. The molecule has 2 heteroatoms. The number of carbonyl (C=O) groups excluding carboxylic acids is 1. The first-order chi connectivity index (χ1) is 7.46. The summed E-state index contributed by atoms with van der Waals surface area (Å²) in [7, 11) is 0. The number of hydrogen-bond acceptors (Lipinski definition) is 2. The highest BCUT2D eigenvalue weighted by Gasteiger charge is 2.33. The Morgan fingerprint density at radius 1 is 1.25 bits per heavy atom. The van der Waals surface area contributed by atoms with Gasteiger partial charge in [-0.05, 0) is 17.9 Å². The summed E-state index contributed by atoms with van der Waals surface area (Å²) in [5.74, 6) is -0.338. The van der Waals surface area contributed by atoms with Gasteiger partial charge in [-0.15, -0.1) is 0 Å². The molecule has 0 N–H and O–H groups in total. The van der Waals surface area contributed by atoms with Crippen LogP contribution in [0.25, 0.3) is 0 Å². The second kappa shape index (κ2) is 5.15. The molecule has 0 saturated heterocycles. The van der Waals surface area contributed by atoms with Crippen LogP contribution in [0, 0.1) is 5.41 Å². The van der Waals surface area contributed by atoms with E-state index in [9.17, 15) is 4.79 Å². The van der Waals surface area contributed by atoms with Crippen molar-refractivity contribution in [2.75, 3.05) is 6.61 Å². The third kappa shape index (κ3) is 3.09. The van der Waals surface area contributed by atoms with Crippen LogP contribution in [-0.2, 0) is 9.53 Å². The first-order valence-corrected chi connectivity index (χ1v) is 5.68. The molecule has 0 aliphatic rings. The molecule has 1 atom stereocenters. The number of carbonyl (C=O) groups is 1. The Hall–Kier alpha value is -1.31. The second-order valence-corrected chi connectivity index (χ2v) is 4.96. The van der Waals surface area contributed by atoms with Gasteiger partial charge in [0, 0.05) is 0 Å². The second-order valence-electron chi connectivity index (χ2n) is 4.96. The molecule has 88 valence electrons. The minimum absolute atomic E-state index is 0.131. The van der Waals surface area contributed by atoms with Crippen LogP contribution in [0.3, 0.4) is 0 Å². The maximum atomic E-state index is 12.0. The lowest BCUT2D eigenvalue weighted by Gasteiger charge is -2.29. The molecular formula is C14H20O2. The van der Waals surface area contributed by atoms with Gasteiger partial charge in [-0.1, -0.05) is 51.1 Å². The van der Waals surface area contributed by atoms with E-state index in [0.29, 0.717) is 6.61 Å². The van der Waals surface area contributed by atoms with Crippen molar-refractivity contribution in [2.24, 2.45) is 5.41 Å². The van der Waals surface area contributed by atoms with E-state index in [1.165, 1.54) is 0 Å². The summed E-state index contributed by atoms with van der Waals surface area (Å²) in [4.78, 5) is 12.0. The topological polar surface area (TPSA) is 26.3 Å². The zero-order valence-corrected chi connectivity index (χ0v) is 10.5. The predicted octanol–water partition coefficient (Wildman–Crippen LogP) is 3.38. The van der Waals surface area contributed by atoms with Crippen LogP contribution in [0.2, 0.25) is 0 Å². The van der Waals surface area contributed by atoms with Crippen molar-refractivity contribution < 1.29 is 9.53 Å². The highest BCUT2D eigenvalue weighted by molar-refractivity contribution is 5.79. The first kappa shape index (κ1) is 12.8. The van der Waals surface area contributed by atoms with Gasteiger partial charge in [-0.25, -0.2) is 0 Å². The summed E-state index contributed by atoms with van der Waals surface area (Å²) in [5.41, 5.74) is 0.890. The normalized spacial score (nSPS) is 13.2. The van der Waals surface area contributed by atoms with Gasteiger partial charge >= 0.3 is 5.97 Å². The van der Waals surface area contributed by atoms with Gasteiger partial charge in [0.1, 0.15) is 0 Å². The third-order valence-corrected chi connectivity index (χ3v) is 2.52. The van der Waals surface area contributed by atoms with Crippen molar-refractivity contribution in [2.45, 2.75) is 33.6 Å². The summed E-state index contributed by atoms with van der Waals surface area (Å²) in [5, 5.41) is 0. The molecule has 1 aromatic rings. The van der Waals surface area contributed by atoms with E-state index in [0.717, 1.165) is 5.56 Å². The molecule has 1 aromatic carbocycles. The van der Waals surface area contributed by atoms with Crippen molar-refractivity contribution in [1.82, 2.24) is 0 Å². The van der Waals surface area contributed by atoms with Crippen LogP contribution in [-0.4, -0.2) is 12.6 Å². The number of esters is 1. The fourth-order valence-electron chi connectivity index (χ4n) is 1.86. The van der Waals surface area contributed by atoms with Crippen molar-refractivity contribution in [3.8, 4) is 0 Å². The summed E-state index contributed by atoms with van der Waals surface area (Å²) in [6.45, 7) is 8.44. The highest BCUT2D eigenvalue weighted by Crippen LogP contribution is 2.35. The van der Waals surface area contributed by atoms with Gasteiger partial charge in [-0.2, -0.15) is 0 Å². The lowest BCUT2D eigenvalue weighted by Crippen LogP contribution is -2.28. The lowest BCUT2D eigenvalue weighted by atomic mass is 9.76. The Bertz CT molecular complexity index is 336. The average Bonchev–Trinajstić information content (AvgIpc) is 2.17. The summed E-state index contributed by atoms with van der Waals surface area (Å²) < 4.78 is 5.15. The number of rotatable bonds is 3. The van der Waals surface area contributed by atoms with E-state index in [-0.39, 0.29) is 17.3 Å². The number of ether oxygens (including phenoxy) is 1. The van der Waals surface area contributed by atoms with Crippen molar-refractivity contribution in [3.63, 3.8) is 0 Å². The molecule has 0 aliphatic heterocycles. The van der Waals surface area contributed by atoms with Crippen LogP contribution < -0.4 is 0 Å². The van der Waals surface area contributed by atoms with Crippen LogP contribution >= 0.6 is 0 Å². The molecule has 1 rings (SSSR count). The average molecular weight is 220 g/mol. The fraction of sp³-hybridized carbons (Fsp3) is 0.500. The molecule has 0 aliphatic carbocycles. The quantitative estimate of drug-likeness (QED) is 0.730. The molecule has 16 heavy (non-hydrogen) atoms. The highest BCUT2D eigenvalue weighted by atomic mass is 16.5. The Balaban J connectivity index is 3.02. The zero-order chi connectivity index (χ0) is 12.2. The molecule has 2 nitrogen and oxygen atoms in total. The maximum absolute atomic E-state index is 12.0. The van der Waals surface area contributed by atoms with Gasteiger partial charge in [0.15, 0.2) is 0 Å². The number of benzene rings is 1. The van der Waals surface area contributed by atoms with Gasteiger partial charge in [-0.3, -0.25) is 4.79 Å². The van der Waals surface area contributed by atoms with Gasteiger partial charge in [0.25, 0.3) is 0 Å². The minimum atomic E-state index is -0.200. The van der Waals surface area contributed by atoms with E-state index in [2.05, 4.69) is 20.8 Å². The van der Waals surface area contributed by atoms with Crippen LogP contribution in [0.15, 0.2) is 30.3 Å². The van der Waals surface area contributed by atoms with E-state index < -0.39 is 0 Å². The van der Waals surface area contributed by atoms with Crippen molar-refractivity contribution in [3.05, 3.63) is 35.9 Å². The standard InChI is InChI=1S/C14H20O2/c1-5-16-13(15)12(14(2,3)4)11-9-7-6-8-10-11/h6-10,12H,5H2,1-4H3. The first-order valence-electron chi connectivity index (χ1n) is 5.68. The van der Waals surface area contributed by atoms with Gasteiger partial charge in [0.2, 0.25) is 0 Å². The molecule has 0 aromatic heterocycles. The third-order valence-electron chi connectivity index (χ3n) is 2.52. The smallest absolute Gasteiger partial charge is 0.313 e. The largest absolute Gasteiger partial charge is 0.466 e. The molecular weight excluding hydrogens is 200 g/mol. The molecule has 0 heterocycles. The molecule has 0 bridgehead atoms. The monoisotopic (exact) mass is 220 g/mol. The predicted molar refractivity (Wildman–Crippen MR) is 65.3 cm³/mol.